The molecule has 0 saturated carbocycles. The first-order chi connectivity index (χ1) is 11.3. The SMILES string of the molecule is CCCC1CC=C(C2(C#N)C=CC(c3ccccc3)C=C2)CC1. The first-order valence-electron chi connectivity index (χ1n) is 8.82. The molecule has 0 heterocycles. The molecule has 0 spiro atoms. The zero-order valence-electron chi connectivity index (χ0n) is 13.9. The zero-order chi connectivity index (χ0) is 16.1. The summed E-state index contributed by atoms with van der Waals surface area (Å²) in [5.74, 6) is 1.10. The fourth-order valence-electron chi connectivity index (χ4n) is 3.82. The van der Waals surface area contributed by atoms with Gasteiger partial charge in [0.05, 0.1) is 6.07 Å². The number of nitrogens with zero attached hydrogens (tertiary/aromatic N) is 1. The van der Waals surface area contributed by atoms with Gasteiger partial charge in [-0.2, -0.15) is 5.26 Å². The molecular weight excluding hydrogens is 278 g/mol. The molecule has 1 nitrogen and oxygen atoms in total. The highest BCUT2D eigenvalue weighted by atomic mass is 14.4. The summed E-state index contributed by atoms with van der Waals surface area (Å²) < 4.78 is 0. The Bertz CT molecular complexity index is 643. The highest BCUT2D eigenvalue weighted by molar-refractivity contribution is 5.45. The van der Waals surface area contributed by atoms with Crippen molar-refractivity contribution in [1.29, 1.82) is 5.26 Å². The number of allylic oxidation sites excluding steroid dienone is 6. The van der Waals surface area contributed by atoms with Gasteiger partial charge in [0, 0.05) is 5.92 Å². The summed E-state index contributed by atoms with van der Waals surface area (Å²) in [6.45, 7) is 2.26. The molecule has 0 aromatic heterocycles. The Balaban J connectivity index is 1.77. The van der Waals surface area contributed by atoms with Crippen LogP contribution in [0.5, 0.6) is 0 Å². The molecule has 0 saturated heterocycles. The van der Waals surface area contributed by atoms with Crippen LogP contribution in [-0.2, 0) is 0 Å². The van der Waals surface area contributed by atoms with Crippen LogP contribution in [-0.4, -0.2) is 0 Å². The lowest BCUT2D eigenvalue weighted by molar-refractivity contribution is 0.418. The molecule has 118 valence electrons. The third-order valence-corrected chi connectivity index (χ3v) is 5.25. The van der Waals surface area contributed by atoms with Crippen molar-refractivity contribution < 1.29 is 0 Å². The van der Waals surface area contributed by atoms with Crippen molar-refractivity contribution in [1.82, 2.24) is 0 Å². The van der Waals surface area contributed by atoms with Gasteiger partial charge in [-0.1, -0.05) is 80.5 Å². The predicted octanol–water partition coefficient (Wildman–Crippen LogP) is 5.93. The Hall–Kier alpha value is -2.07. The van der Waals surface area contributed by atoms with Crippen LogP contribution in [0.1, 0.15) is 50.5 Å². The fraction of sp³-hybridized carbons (Fsp3) is 0.409. The summed E-state index contributed by atoms with van der Waals surface area (Å²) in [6.07, 6.45) is 17.0. The lowest BCUT2D eigenvalue weighted by atomic mass is 9.71. The molecular formula is C22H25N. The highest BCUT2D eigenvalue weighted by Crippen LogP contribution is 2.42. The molecule has 2 aliphatic carbocycles. The number of hydrogen-bond donors (Lipinski definition) is 0. The summed E-state index contributed by atoms with van der Waals surface area (Å²) in [5, 5.41) is 9.83. The molecule has 0 bridgehead atoms. The van der Waals surface area contributed by atoms with Gasteiger partial charge in [-0.25, -0.2) is 0 Å². The van der Waals surface area contributed by atoms with Gasteiger partial charge in [0.25, 0.3) is 0 Å². The average Bonchev–Trinajstić information content (AvgIpc) is 2.63. The second kappa shape index (κ2) is 7.01. The zero-order valence-corrected chi connectivity index (χ0v) is 13.9. The van der Waals surface area contributed by atoms with Gasteiger partial charge < -0.3 is 0 Å². The molecule has 0 N–H and O–H groups in total. The summed E-state index contributed by atoms with van der Waals surface area (Å²) in [6, 6.07) is 13.0. The summed E-state index contributed by atoms with van der Waals surface area (Å²) in [4.78, 5) is 0. The first-order valence-corrected chi connectivity index (χ1v) is 8.82. The van der Waals surface area contributed by atoms with Crippen LogP contribution in [0.2, 0.25) is 0 Å². The van der Waals surface area contributed by atoms with E-state index in [2.05, 4.69) is 67.6 Å². The van der Waals surface area contributed by atoms with Crippen LogP contribution >= 0.6 is 0 Å². The molecule has 1 aromatic rings. The standard InChI is InChI=1S/C22H25N/c1-2-6-18-9-11-21(12-10-18)22(17-23)15-13-20(14-16-22)19-7-4-3-5-8-19/h3-5,7-8,11,13-16,18,20H,2,6,9-10,12H2,1H3. The van der Waals surface area contributed by atoms with E-state index in [9.17, 15) is 5.26 Å². The van der Waals surface area contributed by atoms with Gasteiger partial charge >= 0.3 is 0 Å². The average molecular weight is 303 g/mol. The van der Waals surface area contributed by atoms with Gasteiger partial charge in [-0.15, -0.1) is 0 Å². The van der Waals surface area contributed by atoms with Crippen molar-refractivity contribution in [3.05, 3.63) is 71.8 Å². The smallest absolute Gasteiger partial charge is 0.114 e. The maximum Gasteiger partial charge on any atom is 0.114 e. The topological polar surface area (TPSA) is 23.8 Å². The van der Waals surface area contributed by atoms with E-state index in [4.69, 9.17) is 0 Å². The van der Waals surface area contributed by atoms with Crippen LogP contribution in [0, 0.1) is 22.7 Å². The Morgan fingerprint density at radius 2 is 1.91 bits per heavy atom. The molecule has 0 amide bonds. The first kappa shape index (κ1) is 15.8. The third-order valence-electron chi connectivity index (χ3n) is 5.25. The molecule has 0 aliphatic heterocycles. The van der Waals surface area contributed by atoms with E-state index in [0.29, 0.717) is 0 Å². The Labute approximate surface area is 140 Å². The van der Waals surface area contributed by atoms with Crippen molar-refractivity contribution in [3.8, 4) is 6.07 Å². The Kier molecular flexibility index (Phi) is 4.82. The van der Waals surface area contributed by atoms with E-state index < -0.39 is 5.41 Å². The number of rotatable bonds is 4. The molecule has 1 unspecified atom stereocenters. The predicted molar refractivity (Wildman–Crippen MR) is 95.8 cm³/mol. The monoisotopic (exact) mass is 303 g/mol. The van der Waals surface area contributed by atoms with Crippen molar-refractivity contribution in [2.45, 2.75) is 44.9 Å². The van der Waals surface area contributed by atoms with Crippen LogP contribution in [0.3, 0.4) is 0 Å². The van der Waals surface area contributed by atoms with Gasteiger partial charge in [0.1, 0.15) is 5.41 Å². The summed E-state index contributed by atoms with van der Waals surface area (Å²) >= 11 is 0. The highest BCUT2D eigenvalue weighted by Gasteiger charge is 2.33. The lowest BCUT2D eigenvalue weighted by Crippen LogP contribution is -2.22. The van der Waals surface area contributed by atoms with E-state index in [0.717, 1.165) is 18.8 Å². The second-order valence-corrected chi connectivity index (χ2v) is 6.79. The van der Waals surface area contributed by atoms with E-state index >= 15 is 0 Å². The minimum atomic E-state index is -0.511. The van der Waals surface area contributed by atoms with Crippen LogP contribution in [0.25, 0.3) is 0 Å². The van der Waals surface area contributed by atoms with E-state index in [1.165, 1.54) is 30.4 Å². The summed E-state index contributed by atoms with van der Waals surface area (Å²) in [5.41, 5.74) is 2.07. The normalized spacial score (nSPS) is 29.8. The van der Waals surface area contributed by atoms with E-state index in [-0.39, 0.29) is 5.92 Å². The van der Waals surface area contributed by atoms with Crippen molar-refractivity contribution in [3.63, 3.8) is 0 Å². The largest absolute Gasteiger partial charge is 0.197 e. The molecule has 1 heteroatoms. The molecule has 3 rings (SSSR count). The summed E-state index contributed by atoms with van der Waals surface area (Å²) in [7, 11) is 0. The van der Waals surface area contributed by atoms with Crippen LogP contribution < -0.4 is 0 Å². The molecule has 2 aliphatic rings. The van der Waals surface area contributed by atoms with Gasteiger partial charge in [-0.05, 0) is 36.3 Å². The van der Waals surface area contributed by atoms with Crippen molar-refractivity contribution >= 4 is 0 Å². The van der Waals surface area contributed by atoms with Gasteiger partial charge in [0.2, 0.25) is 0 Å². The molecule has 1 atom stereocenters. The minimum absolute atomic E-state index is 0.287. The Morgan fingerprint density at radius 3 is 2.48 bits per heavy atom. The molecule has 23 heavy (non-hydrogen) atoms. The number of nitriles is 1. The lowest BCUT2D eigenvalue weighted by Gasteiger charge is -2.31. The quantitative estimate of drug-likeness (QED) is 0.632. The molecule has 1 aromatic carbocycles. The van der Waals surface area contributed by atoms with Gasteiger partial charge in [-0.3, -0.25) is 0 Å². The van der Waals surface area contributed by atoms with E-state index in [1.54, 1.807) is 0 Å². The second-order valence-electron chi connectivity index (χ2n) is 6.79. The number of hydrogen-bond acceptors (Lipinski definition) is 1. The van der Waals surface area contributed by atoms with Crippen LogP contribution in [0.4, 0.5) is 0 Å². The van der Waals surface area contributed by atoms with E-state index in [1.807, 2.05) is 6.07 Å². The maximum absolute atomic E-state index is 9.83. The molecule has 0 radical (unpaired) electrons. The fourth-order valence-corrected chi connectivity index (χ4v) is 3.82. The molecule has 0 fully saturated rings. The van der Waals surface area contributed by atoms with Gasteiger partial charge in [0.15, 0.2) is 0 Å². The van der Waals surface area contributed by atoms with Crippen molar-refractivity contribution in [2.75, 3.05) is 0 Å². The Morgan fingerprint density at radius 1 is 1.17 bits per heavy atom. The maximum atomic E-state index is 9.83. The number of benzene rings is 1. The van der Waals surface area contributed by atoms with Crippen LogP contribution in [0.15, 0.2) is 66.3 Å². The van der Waals surface area contributed by atoms with Crippen molar-refractivity contribution in [2.24, 2.45) is 11.3 Å². The minimum Gasteiger partial charge on any atom is -0.197 e. The third kappa shape index (κ3) is 3.32.